The van der Waals surface area contributed by atoms with Crippen LogP contribution in [0.5, 0.6) is 0 Å². The van der Waals surface area contributed by atoms with E-state index in [0.29, 0.717) is 43.1 Å². The summed E-state index contributed by atoms with van der Waals surface area (Å²) in [6, 6.07) is -0.280. The number of nitrogens with one attached hydrogen (secondary N) is 1. The standard InChI is InChI=1S/C20H33N5O4S/c1-4-23(5-2)14-18(26)25-11-8-7-9-17(25)19-21-16-13-24(30(28,29)6-3)12-10-15(16)20(27)22-19/h17H,4-14H2,1-3H3,(H,21,22,27)/t17-/m1/s1. The highest BCUT2D eigenvalue weighted by Crippen LogP contribution is 2.29. The van der Waals surface area contributed by atoms with Crippen LogP contribution in [-0.2, 0) is 27.8 Å². The zero-order valence-corrected chi connectivity index (χ0v) is 19.0. The first-order valence-electron chi connectivity index (χ1n) is 10.9. The summed E-state index contributed by atoms with van der Waals surface area (Å²) in [5, 5.41) is 0. The quantitative estimate of drug-likeness (QED) is 0.676. The molecule has 2 aliphatic heterocycles. The minimum absolute atomic E-state index is 0.0225. The third-order valence-corrected chi connectivity index (χ3v) is 8.04. The van der Waals surface area contributed by atoms with Gasteiger partial charge in [-0.25, -0.2) is 13.4 Å². The van der Waals surface area contributed by atoms with Crippen molar-refractivity contribution in [3.8, 4) is 0 Å². The summed E-state index contributed by atoms with van der Waals surface area (Å²) in [5.74, 6) is 0.537. The van der Waals surface area contributed by atoms with Crippen LogP contribution in [0.25, 0.3) is 0 Å². The van der Waals surface area contributed by atoms with Gasteiger partial charge < -0.3 is 9.88 Å². The van der Waals surface area contributed by atoms with Crippen molar-refractivity contribution in [1.82, 2.24) is 24.1 Å². The van der Waals surface area contributed by atoms with Crippen molar-refractivity contribution >= 4 is 15.9 Å². The molecule has 9 nitrogen and oxygen atoms in total. The molecular weight excluding hydrogens is 406 g/mol. The molecule has 0 bridgehead atoms. The van der Waals surface area contributed by atoms with Gasteiger partial charge in [0.15, 0.2) is 0 Å². The number of rotatable bonds is 7. The first-order chi connectivity index (χ1) is 14.3. The molecule has 3 rings (SSSR count). The van der Waals surface area contributed by atoms with E-state index in [2.05, 4.69) is 14.9 Å². The Hall–Kier alpha value is -1.78. The number of sulfonamides is 1. The highest BCUT2D eigenvalue weighted by atomic mass is 32.2. The minimum atomic E-state index is -3.35. The lowest BCUT2D eigenvalue weighted by atomic mass is 10.00. The summed E-state index contributed by atoms with van der Waals surface area (Å²) in [5.41, 5.74) is 0.849. The Morgan fingerprint density at radius 3 is 2.60 bits per heavy atom. The first kappa shape index (κ1) is 22.9. The predicted molar refractivity (Wildman–Crippen MR) is 115 cm³/mol. The Kier molecular flexibility index (Phi) is 7.30. The molecule has 0 spiro atoms. The number of likely N-dealkylation sites (N-methyl/N-ethyl adjacent to an activating group) is 1. The molecule has 1 saturated heterocycles. The first-order valence-corrected chi connectivity index (χ1v) is 12.5. The number of aromatic amines is 1. The largest absolute Gasteiger partial charge is 0.331 e. The molecule has 1 amide bonds. The van der Waals surface area contributed by atoms with Gasteiger partial charge in [0.2, 0.25) is 15.9 Å². The van der Waals surface area contributed by atoms with E-state index >= 15 is 0 Å². The highest BCUT2D eigenvalue weighted by Gasteiger charge is 2.33. The molecule has 10 heteroatoms. The average molecular weight is 440 g/mol. The van der Waals surface area contributed by atoms with Gasteiger partial charge >= 0.3 is 0 Å². The van der Waals surface area contributed by atoms with Crippen molar-refractivity contribution in [3.63, 3.8) is 0 Å². The van der Waals surface area contributed by atoms with Crippen LogP contribution in [0.4, 0.5) is 0 Å². The number of likely N-dealkylation sites (tertiary alicyclic amines) is 1. The second kappa shape index (κ2) is 9.57. The van der Waals surface area contributed by atoms with Crippen molar-refractivity contribution in [1.29, 1.82) is 0 Å². The van der Waals surface area contributed by atoms with Gasteiger partial charge in [-0.2, -0.15) is 4.31 Å². The van der Waals surface area contributed by atoms with Crippen molar-refractivity contribution in [2.45, 2.75) is 59.0 Å². The fraction of sp³-hybridized carbons (Fsp3) is 0.750. The average Bonchev–Trinajstić information content (AvgIpc) is 2.76. The number of amides is 1. The van der Waals surface area contributed by atoms with E-state index in [-0.39, 0.29) is 29.8 Å². The summed E-state index contributed by atoms with van der Waals surface area (Å²) >= 11 is 0. The van der Waals surface area contributed by atoms with Crippen LogP contribution >= 0.6 is 0 Å². The van der Waals surface area contributed by atoms with Crippen LogP contribution in [0.3, 0.4) is 0 Å². The van der Waals surface area contributed by atoms with Crippen LogP contribution in [-0.4, -0.2) is 76.9 Å². The molecular formula is C20H33N5O4S. The number of fused-ring (bicyclic) bond motifs is 1. The minimum Gasteiger partial charge on any atom is -0.331 e. The van der Waals surface area contributed by atoms with Gasteiger partial charge in [-0.3, -0.25) is 14.5 Å². The van der Waals surface area contributed by atoms with Gasteiger partial charge in [0, 0.05) is 18.7 Å². The summed E-state index contributed by atoms with van der Waals surface area (Å²) < 4.78 is 26.0. The maximum atomic E-state index is 13.0. The number of nitrogens with zero attached hydrogens (tertiary/aromatic N) is 4. The number of piperidine rings is 1. The highest BCUT2D eigenvalue weighted by molar-refractivity contribution is 7.89. The van der Waals surface area contributed by atoms with E-state index in [1.54, 1.807) is 6.92 Å². The zero-order valence-electron chi connectivity index (χ0n) is 18.2. The second-order valence-electron chi connectivity index (χ2n) is 7.92. The van der Waals surface area contributed by atoms with Crippen molar-refractivity contribution in [2.24, 2.45) is 0 Å². The summed E-state index contributed by atoms with van der Waals surface area (Å²) in [6.45, 7) is 8.68. The summed E-state index contributed by atoms with van der Waals surface area (Å²) in [6.07, 6.45) is 2.98. The fourth-order valence-corrected chi connectivity index (χ4v) is 5.31. The Morgan fingerprint density at radius 2 is 1.93 bits per heavy atom. The Morgan fingerprint density at radius 1 is 1.20 bits per heavy atom. The fourth-order valence-electron chi connectivity index (χ4n) is 4.26. The van der Waals surface area contributed by atoms with Gasteiger partial charge in [0.25, 0.3) is 5.56 Å². The van der Waals surface area contributed by atoms with Crippen LogP contribution in [0, 0.1) is 0 Å². The molecule has 1 atom stereocenters. The van der Waals surface area contributed by atoms with E-state index in [4.69, 9.17) is 0 Å². The third kappa shape index (κ3) is 4.76. The molecule has 168 valence electrons. The Bertz CT molecular complexity index is 926. The number of carbonyl (C=O) groups is 1. The number of hydrogen-bond donors (Lipinski definition) is 1. The smallest absolute Gasteiger partial charge is 0.254 e. The van der Waals surface area contributed by atoms with E-state index in [1.165, 1.54) is 4.31 Å². The van der Waals surface area contributed by atoms with Gasteiger partial charge in [0.05, 0.1) is 30.6 Å². The lowest BCUT2D eigenvalue weighted by Gasteiger charge is -2.36. The van der Waals surface area contributed by atoms with Crippen molar-refractivity contribution < 1.29 is 13.2 Å². The molecule has 1 aromatic rings. The SMILES string of the molecule is CCN(CC)CC(=O)N1CCCC[C@@H]1c1nc2c(c(=O)[nH]1)CCN(S(=O)(=O)CC)C2. The number of hydrogen-bond acceptors (Lipinski definition) is 6. The van der Waals surface area contributed by atoms with Gasteiger partial charge in [-0.05, 0) is 45.7 Å². The molecule has 1 N–H and O–H groups in total. The van der Waals surface area contributed by atoms with E-state index in [0.717, 1.165) is 32.4 Å². The molecule has 0 saturated carbocycles. The van der Waals surface area contributed by atoms with Crippen LogP contribution in [0.1, 0.15) is 63.2 Å². The normalized spacial score (nSPS) is 20.4. The number of aromatic nitrogens is 2. The molecule has 3 heterocycles. The molecule has 0 unspecified atom stereocenters. The van der Waals surface area contributed by atoms with E-state index < -0.39 is 10.0 Å². The number of carbonyl (C=O) groups excluding carboxylic acids is 1. The van der Waals surface area contributed by atoms with E-state index in [9.17, 15) is 18.0 Å². The van der Waals surface area contributed by atoms with E-state index in [1.807, 2.05) is 18.7 Å². The Labute approximate surface area is 178 Å². The lowest BCUT2D eigenvalue weighted by Crippen LogP contribution is -2.46. The van der Waals surface area contributed by atoms with Crippen LogP contribution in [0.2, 0.25) is 0 Å². The summed E-state index contributed by atoms with van der Waals surface area (Å²) in [4.78, 5) is 37.2. The molecule has 1 fully saturated rings. The van der Waals surface area contributed by atoms with Gasteiger partial charge in [0.1, 0.15) is 5.82 Å². The molecule has 0 radical (unpaired) electrons. The molecule has 2 aliphatic rings. The van der Waals surface area contributed by atoms with Crippen LogP contribution in [0.15, 0.2) is 4.79 Å². The second-order valence-corrected chi connectivity index (χ2v) is 10.2. The monoisotopic (exact) mass is 439 g/mol. The van der Waals surface area contributed by atoms with Crippen molar-refractivity contribution in [3.05, 3.63) is 27.4 Å². The Balaban J connectivity index is 1.89. The maximum Gasteiger partial charge on any atom is 0.254 e. The zero-order chi connectivity index (χ0) is 21.9. The van der Waals surface area contributed by atoms with Crippen LogP contribution < -0.4 is 5.56 Å². The molecule has 30 heavy (non-hydrogen) atoms. The lowest BCUT2D eigenvalue weighted by molar-refractivity contribution is -0.136. The van der Waals surface area contributed by atoms with Crippen molar-refractivity contribution in [2.75, 3.05) is 38.5 Å². The molecule has 0 aliphatic carbocycles. The topological polar surface area (TPSA) is 107 Å². The predicted octanol–water partition coefficient (Wildman–Crippen LogP) is 0.873. The maximum absolute atomic E-state index is 13.0. The van der Waals surface area contributed by atoms with Gasteiger partial charge in [-0.1, -0.05) is 13.8 Å². The molecule has 0 aromatic carbocycles. The third-order valence-electron chi connectivity index (χ3n) is 6.21. The van der Waals surface area contributed by atoms with Gasteiger partial charge in [-0.15, -0.1) is 0 Å². The summed E-state index contributed by atoms with van der Waals surface area (Å²) in [7, 11) is -3.35. The number of H-pyrrole nitrogens is 1. The molecule has 1 aromatic heterocycles.